The minimum absolute atomic E-state index is 0.102. The van der Waals surface area contributed by atoms with E-state index in [0.29, 0.717) is 11.3 Å². The Morgan fingerprint density at radius 2 is 2.00 bits per heavy atom. The quantitative estimate of drug-likeness (QED) is 0.745. The molecule has 0 aromatic heterocycles. The third-order valence-corrected chi connectivity index (χ3v) is 2.95. The molecule has 2 unspecified atom stereocenters. The number of aliphatic carboxylic acids is 1. The van der Waals surface area contributed by atoms with Crippen LogP contribution in [0, 0.1) is 0 Å². The number of carbonyl (C=O) groups excluding carboxylic acids is 2. The van der Waals surface area contributed by atoms with Gasteiger partial charge in [-0.25, -0.2) is 4.79 Å². The number of carbonyl (C=O) groups is 3. The maximum absolute atomic E-state index is 11.9. The van der Waals surface area contributed by atoms with Crippen molar-refractivity contribution in [1.82, 2.24) is 5.32 Å². The van der Waals surface area contributed by atoms with Gasteiger partial charge in [0.25, 0.3) is 5.91 Å². The van der Waals surface area contributed by atoms with Crippen molar-refractivity contribution in [3.05, 3.63) is 29.8 Å². The third-order valence-electron chi connectivity index (χ3n) is 2.95. The summed E-state index contributed by atoms with van der Waals surface area (Å²) >= 11 is 0. The molecule has 21 heavy (non-hydrogen) atoms. The van der Waals surface area contributed by atoms with E-state index in [1.54, 1.807) is 31.2 Å². The van der Waals surface area contributed by atoms with Crippen molar-refractivity contribution in [3.63, 3.8) is 0 Å². The van der Waals surface area contributed by atoms with Gasteiger partial charge in [-0.05, 0) is 32.4 Å². The molecule has 0 aliphatic rings. The molecular formula is C15H19NO5. The van der Waals surface area contributed by atoms with Gasteiger partial charge in [0, 0.05) is 5.56 Å². The molecule has 2 atom stereocenters. The monoisotopic (exact) mass is 293 g/mol. The Morgan fingerprint density at radius 1 is 1.33 bits per heavy atom. The fourth-order valence-corrected chi connectivity index (χ4v) is 1.67. The zero-order chi connectivity index (χ0) is 16.0. The van der Waals surface area contributed by atoms with Crippen LogP contribution in [0.2, 0.25) is 0 Å². The van der Waals surface area contributed by atoms with Gasteiger partial charge in [-0.15, -0.1) is 0 Å². The Morgan fingerprint density at radius 3 is 2.52 bits per heavy atom. The van der Waals surface area contributed by atoms with Crippen LogP contribution in [-0.4, -0.2) is 34.9 Å². The number of Topliss-reactive ketones (excluding diaryl/α,β-unsaturated/α-hetero) is 1. The van der Waals surface area contributed by atoms with Gasteiger partial charge in [0.1, 0.15) is 11.8 Å². The molecule has 6 nitrogen and oxygen atoms in total. The number of amides is 1. The van der Waals surface area contributed by atoms with Crippen molar-refractivity contribution < 1.29 is 24.2 Å². The SMILES string of the molecule is CCC(NC(=O)C(C)Oc1cccc(C(C)=O)c1)C(=O)O. The largest absolute Gasteiger partial charge is 0.481 e. The van der Waals surface area contributed by atoms with Gasteiger partial charge in [0.15, 0.2) is 11.9 Å². The molecule has 1 aromatic rings. The molecule has 0 radical (unpaired) electrons. The highest BCUT2D eigenvalue weighted by Crippen LogP contribution is 2.15. The maximum atomic E-state index is 11.9. The Bertz CT molecular complexity index is 541. The second-order valence-corrected chi connectivity index (χ2v) is 4.65. The number of ether oxygens (including phenoxy) is 1. The topological polar surface area (TPSA) is 92.7 Å². The molecule has 1 rings (SSSR count). The van der Waals surface area contributed by atoms with Gasteiger partial charge in [0.05, 0.1) is 0 Å². The molecule has 0 saturated heterocycles. The summed E-state index contributed by atoms with van der Waals surface area (Å²) in [5, 5.41) is 11.3. The lowest BCUT2D eigenvalue weighted by atomic mass is 10.1. The highest BCUT2D eigenvalue weighted by Gasteiger charge is 2.22. The van der Waals surface area contributed by atoms with Crippen LogP contribution in [0.4, 0.5) is 0 Å². The van der Waals surface area contributed by atoms with Crippen LogP contribution in [0.3, 0.4) is 0 Å². The van der Waals surface area contributed by atoms with Crippen LogP contribution in [0.15, 0.2) is 24.3 Å². The average molecular weight is 293 g/mol. The van der Waals surface area contributed by atoms with Crippen LogP contribution in [0.5, 0.6) is 5.75 Å². The first-order chi connectivity index (χ1) is 9.85. The predicted octanol–water partition coefficient (Wildman–Crippen LogP) is 1.64. The molecule has 0 spiro atoms. The molecule has 0 bridgehead atoms. The fourth-order valence-electron chi connectivity index (χ4n) is 1.67. The molecule has 2 N–H and O–H groups in total. The summed E-state index contributed by atoms with van der Waals surface area (Å²) in [6.45, 7) is 4.62. The Kier molecular flexibility index (Phi) is 5.90. The minimum Gasteiger partial charge on any atom is -0.481 e. The Labute approximate surface area is 123 Å². The van der Waals surface area contributed by atoms with Crippen molar-refractivity contribution in [1.29, 1.82) is 0 Å². The predicted molar refractivity (Wildman–Crippen MR) is 76.4 cm³/mol. The van der Waals surface area contributed by atoms with E-state index in [-0.39, 0.29) is 12.2 Å². The number of carboxylic acids is 1. The summed E-state index contributed by atoms with van der Waals surface area (Å²) in [7, 11) is 0. The number of rotatable bonds is 7. The summed E-state index contributed by atoms with van der Waals surface area (Å²) in [5.41, 5.74) is 0.483. The second kappa shape index (κ2) is 7.42. The molecular weight excluding hydrogens is 274 g/mol. The van der Waals surface area contributed by atoms with Crippen molar-refractivity contribution in [2.45, 2.75) is 39.3 Å². The highest BCUT2D eigenvalue weighted by atomic mass is 16.5. The standard InChI is InChI=1S/C15H19NO5/c1-4-13(15(19)20)16-14(18)10(3)21-12-7-5-6-11(8-12)9(2)17/h5-8,10,13H,4H2,1-3H3,(H,16,18)(H,19,20). The first-order valence-corrected chi connectivity index (χ1v) is 6.66. The summed E-state index contributed by atoms with van der Waals surface area (Å²) in [5.74, 6) is -1.32. The summed E-state index contributed by atoms with van der Waals surface area (Å²) < 4.78 is 5.43. The van der Waals surface area contributed by atoms with Gasteiger partial charge < -0.3 is 15.2 Å². The number of ketones is 1. The van der Waals surface area contributed by atoms with E-state index in [1.807, 2.05) is 0 Å². The molecule has 1 amide bonds. The molecule has 0 fully saturated rings. The zero-order valence-corrected chi connectivity index (χ0v) is 12.3. The Hall–Kier alpha value is -2.37. The molecule has 1 aromatic carbocycles. The van der Waals surface area contributed by atoms with Crippen molar-refractivity contribution in [2.24, 2.45) is 0 Å². The zero-order valence-electron chi connectivity index (χ0n) is 12.3. The van der Waals surface area contributed by atoms with Crippen molar-refractivity contribution in [3.8, 4) is 5.75 Å². The molecule has 114 valence electrons. The molecule has 0 saturated carbocycles. The number of benzene rings is 1. The van der Waals surface area contributed by atoms with E-state index in [1.165, 1.54) is 13.8 Å². The normalized spacial score (nSPS) is 13.1. The number of carboxylic acid groups (broad SMARTS) is 1. The van der Waals surface area contributed by atoms with E-state index in [0.717, 1.165) is 0 Å². The number of hydrogen-bond donors (Lipinski definition) is 2. The van der Waals surface area contributed by atoms with E-state index >= 15 is 0 Å². The highest BCUT2D eigenvalue weighted by molar-refractivity contribution is 5.94. The minimum atomic E-state index is -1.09. The van der Waals surface area contributed by atoms with Gasteiger partial charge in [-0.1, -0.05) is 19.1 Å². The lowest BCUT2D eigenvalue weighted by Gasteiger charge is -2.18. The van der Waals surface area contributed by atoms with E-state index in [4.69, 9.17) is 9.84 Å². The summed E-state index contributed by atoms with van der Waals surface area (Å²) in [6.07, 6.45) is -0.575. The summed E-state index contributed by atoms with van der Waals surface area (Å²) in [6, 6.07) is 5.54. The third kappa shape index (κ3) is 4.91. The van der Waals surface area contributed by atoms with Crippen LogP contribution in [-0.2, 0) is 9.59 Å². The molecule has 0 aliphatic carbocycles. The lowest BCUT2D eigenvalue weighted by molar-refractivity contribution is -0.143. The first-order valence-electron chi connectivity index (χ1n) is 6.66. The van der Waals surface area contributed by atoms with Crippen molar-refractivity contribution >= 4 is 17.7 Å². The van der Waals surface area contributed by atoms with Crippen LogP contribution < -0.4 is 10.1 Å². The first kappa shape index (κ1) is 16.7. The van der Waals surface area contributed by atoms with Crippen LogP contribution >= 0.6 is 0 Å². The smallest absolute Gasteiger partial charge is 0.326 e. The molecule has 0 heterocycles. The van der Waals surface area contributed by atoms with Gasteiger partial charge in [0.2, 0.25) is 0 Å². The average Bonchev–Trinajstić information content (AvgIpc) is 2.44. The second-order valence-electron chi connectivity index (χ2n) is 4.65. The summed E-state index contributed by atoms with van der Waals surface area (Å²) in [4.78, 5) is 34.0. The van der Waals surface area contributed by atoms with E-state index < -0.39 is 24.0 Å². The fraction of sp³-hybridized carbons (Fsp3) is 0.400. The van der Waals surface area contributed by atoms with E-state index in [2.05, 4.69) is 5.32 Å². The molecule has 0 aliphatic heterocycles. The van der Waals surface area contributed by atoms with Gasteiger partial charge >= 0.3 is 5.97 Å². The van der Waals surface area contributed by atoms with Gasteiger partial charge in [-0.2, -0.15) is 0 Å². The molecule has 6 heteroatoms. The Balaban J connectivity index is 2.70. The number of hydrogen-bond acceptors (Lipinski definition) is 4. The van der Waals surface area contributed by atoms with Crippen LogP contribution in [0.25, 0.3) is 0 Å². The van der Waals surface area contributed by atoms with Crippen LogP contribution in [0.1, 0.15) is 37.6 Å². The maximum Gasteiger partial charge on any atom is 0.326 e. The lowest BCUT2D eigenvalue weighted by Crippen LogP contribution is -2.45. The van der Waals surface area contributed by atoms with Gasteiger partial charge in [-0.3, -0.25) is 9.59 Å². The van der Waals surface area contributed by atoms with Crippen molar-refractivity contribution in [2.75, 3.05) is 0 Å². The number of nitrogens with one attached hydrogen (secondary N) is 1. The van der Waals surface area contributed by atoms with E-state index in [9.17, 15) is 14.4 Å².